The molecule has 1 amide bonds. The lowest BCUT2D eigenvalue weighted by molar-refractivity contribution is 0.0955. The molecule has 0 atom stereocenters. The molecule has 0 aromatic heterocycles. The van der Waals surface area contributed by atoms with Gasteiger partial charge in [0.1, 0.15) is 0 Å². The highest BCUT2D eigenvalue weighted by Crippen LogP contribution is 2.14. The second-order valence-corrected chi connectivity index (χ2v) is 4.02. The first kappa shape index (κ1) is 13.2. The fourth-order valence-corrected chi connectivity index (χ4v) is 1.31. The second kappa shape index (κ2) is 6.63. The average Bonchev–Trinajstić information content (AvgIpc) is 2.34. The van der Waals surface area contributed by atoms with Crippen LogP contribution in [0.4, 0.5) is 0 Å². The van der Waals surface area contributed by atoms with Crippen molar-refractivity contribution in [2.24, 2.45) is 5.10 Å². The predicted molar refractivity (Wildman–Crippen MR) is 71.3 cm³/mol. The molecule has 1 rings (SSSR count). The van der Waals surface area contributed by atoms with Gasteiger partial charge in [-0.1, -0.05) is 32.1 Å². The van der Waals surface area contributed by atoms with Gasteiger partial charge in [-0.3, -0.25) is 4.79 Å². The zero-order valence-corrected chi connectivity index (χ0v) is 10.5. The summed E-state index contributed by atoms with van der Waals surface area (Å²) in [5, 5.41) is 3.78. The molecule has 0 radical (unpaired) electrons. The lowest BCUT2D eigenvalue weighted by atomic mass is 10.0. The second-order valence-electron chi connectivity index (χ2n) is 4.02. The molecule has 0 aliphatic heterocycles. The van der Waals surface area contributed by atoms with E-state index in [-0.39, 0.29) is 5.91 Å². The van der Waals surface area contributed by atoms with E-state index in [1.54, 1.807) is 12.3 Å². The largest absolute Gasteiger partial charge is 0.271 e. The number of hydrogen-bond donors (Lipinski definition) is 1. The van der Waals surface area contributed by atoms with Crippen LogP contribution in [0.25, 0.3) is 0 Å². The highest BCUT2D eigenvalue weighted by molar-refractivity contribution is 5.94. The fraction of sp³-hybridized carbons (Fsp3) is 0.286. The summed E-state index contributed by atoms with van der Waals surface area (Å²) in [6, 6.07) is 7.57. The molecule has 90 valence electrons. The maximum absolute atomic E-state index is 11.6. The van der Waals surface area contributed by atoms with Crippen LogP contribution in [0.15, 0.2) is 41.5 Å². The first-order valence-corrected chi connectivity index (χ1v) is 5.69. The maximum Gasteiger partial charge on any atom is 0.271 e. The van der Waals surface area contributed by atoms with Gasteiger partial charge in [0, 0.05) is 11.8 Å². The van der Waals surface area contributed by atoms with Crippen LogP contribution in [0.3, 0.4) is 0 Å². The standard InChI is InChI=1S/C14H18N2O/c1-4-5-10-15-16-14(17)13-8-6-12(7-9-13)11(2)3/h4-11H,1-3H3,(H,16,17). The third-order valence-corrected chi connectivity index (χ3v) is 2.36. The summed E-state index contributed by atoms with van der Waals surface area (Å²) in [6.45, 7) is 6.13. The lowest BCUT2D eigenvalue weighted by Crippen LogP contribution is -2.17. The summed E-state index contributed by atoms with van der Waals surface area (Å²) in [4.78, 5) is 11.6. The van der Waals surface area contributed by atoms with E-state index in [4.69, 9.17) is 0 Å². The quantitative estimate of drug-likeness (QED) is 0.626. The predicted octanol–water partition coefficient (Wildman–Crippen LogP) is 3.10. The fourth-order valence-electron chi connectivity index (χ4n) is 1.31. The molecular weight excluding hydrogens is 212 g/mol. The van der Waals surface area contributed by atoms with Crippen LogP contribution in [0.2, 0.25) is 0 Å². The number of rotatable bonds is 4. The number of allylic oxidation sites excluding steroid dienone is 2. The molecule has 1 aromatic carbocycles. The molecule has 0 heterocycles. The van der Waals surface area contributed by atoms with E-state index < -0.39 is 0 Å². The molecule has 0 fully saturated rings. The Balaban J connectivity index is 2.63. The number of amides is 1. The molecule has 0 saturated heterocycles. The van der Waals surface area contributed by atoms with Crippen LogP contribution in [-0.2, 0) is 0 Å². The van der Waals surface area contributed by atoms with E-state index in [0.29, 0.717) is 11.5 Å². The van der Waals surface area contributed by atoms with Crippen molar-refractivity contribution in [3.63, 3.8) is 0 Å². The number of hydrogen-bond acceptors (Lipinski definition) is 2. The van der Waals surface area contributed by atoms with Gasteiger partial charge >= 0.3 is 0 Å². The Kier molecular flexibility index (Phi) is 5.14. The van der Waals surface area contributed by atoms with Gasteiger partial charge in [-0.2, -0.15) is 5.10 Å². The van der Waals surface area contributed by atoms with E-state index in [1.165, 1.54) is 5.56 Å². The highest BCUT2D eigenvalue weighted by atomic mass is 16.2. The smallest absolute Gasteiger partial charge is 0.267 e. The highest BCUT2D eigenvalue weighted by Gasteiger charge is 2.04. The van der Waals surface area contributed by atoms with E-state index in [9.17, 15) is 4.79 Å². The maximum atomic E-state index is 11.6. The Labute approximate surface area is 102 Å². The van der Waals surface area contributed by atoms with Crippen LogP contribution in [0.1, 0.15) is 42.6 Å². The average molecular weight is 230 g/mol. The van der Waals surface area contributed by atoms with Gasteiger partial charge < -0.3 is 0 Å². The number of nitrogens with one attached hydrogen (secondary N) is 1. The van der Waals surface area contributed by atoms with Crippen molar-refractivity contribution in [1.29, 1.82) is 0 Å². The minimum atomic E-state index is -0.193. The molecule has 17 heavy (non-hydrogen) atoms. The first-order valence-electron chi connectivity index (χ1n) is 5.69. The summed E-state index contributed by atoms with van der Waals surface area (Å²) in [5.41, 5.74) is 4.30. The summed E-state index contributed by atoms with van der Waals surface area (Å²) < 4.78 is 0. The van der Waals surface area contributed by atoms with Crippen molar-refractivity contribution in [3.05, 3.63) is 47.5 Å². The van der Waals surface area contributed by atoms with Crippen molar-refractivity contribution in [3.8, 4) is 0 Å². The third kappa shape index (κ3) is 4.23. The molecule has 0 aliphatic rings. The van der Waals surface area contributed by atoms with Gasteiger partial charge in [-0.25, -0.2) is 5.43 Å². The zero-order valence-electron chi connectivity index (χ0n) is 10.5. The lowest BCUT2D eigenvalue weighted by Gasteiger charge is -2.05. The van der Waals surface area contributed by atoms with Crippen LogP contribution in [0.5, 0.6) is 0 Å². The van der Waals surface area contributed by atoms with E-state index in [1.807, 2.05) is 37.3 Å². The van der Waals surface area contributed by atoms with Crippen LogP contribution in [0, 0.1) is 0 Å². The van der Waals surface area contributed by atoms with Gasteiger partial charge in [-0.15, -0.1) is 0 Å². The van der Waals surface area contributed by atoms with Crippen molar-refractivity contribution in [2.45, 2.75) is 26.7 Å². The summed E-state index contributed by atoms with van der Waals surface area (Å²) >= 11 is 0. The van der Waals surface area contributed by atoms with Crippen molar-refractivity contribution in [2.75, 3.05) is 0 Å². The number of benzene rings is 1. The van der Waals surface area contributed by atoms with Gasteiger partial charge in [-0.05, 0) is 36.6 Å². The minimum Gasteiger partial charge on any atom is -0.267 e. The minimum absolute atomic E-state index is 0.193. The van der Waals surface area contributed by atoms with E-state index >= 15 is 0 Å². The Morgan fingerprint density at radius 3 is 2.47 bits per heavy atom. The topological polar surface area (TPSA) is 41.5 Å². The molecular formula is C14H18N2O. The summed E-state index contributed by atoms with van der Waals surface area (Å²) in [7, 11) is 0. The molecule has 1 aromatic rings. The normalized spacial score (nSPS) is 11.5. The third-order valence-electron chi connectivity index (χ3n) is 2.36. The van der Waals surface area contributed by atoms with Gasteiger partial charge in [0.15, 0.2) is 0 Å². The van der Waals surface area contributed by atoms with Crippen LogP contribution < -0.4 is 5.43 Å². The number of carbonyl (C=O) groups excluding carboxylic acids is 1. The molecule has 1 N–H and O–H groups in total. The molecule has 3 heteroatoms. The Morgan fingerprint density at radius 2 is 1.94 bits per heavy atom. The Hall–Kier alpha value is -1.90. The Morgan fingerprint density at radius 1 is 1.29 bits per heavy atom. The van der Waals surface area contributed by atoms with Gasteiger partial charge in [0.05, 0.1) is 0 Å². The zero-order chi connectivity index (χ0) is 12.7. The van der Waals surface area contributed by atoms with Crippen LogP contribution >= 0.6 is 0 Å². The van der Waals surface area contributed by atoms with Gasteiger partial charge in [0.25, 0.3) is 5.91 Å². The van der Waals surface area contributed by atoms with E-state index in [0.717, 1.165) is 0 Å². The monoisotopic (exact) mass is 230 g/mol. The van der Waals surface area contributed by atoms with Gasteiger partial charge in [0.2, 0.25) is 0 Å². The molecule has 3 nitrogen and oxygen atoms in total. The molecule has 0 spiro atoms. The number of carbonyl (C=O) groups is 1. The van der Waals surface area contributed by atoms with Crippen LogP contribution in [-0.4, -0.2) is 12.1 Å². The first-order chi connectivity index (χ1) is 8.15. The molecule has 0 aliphatic carbocycles. The van der Waals surface area contributed by atoms with Crippen molar-refractivity contribution in [1.82, 2.24) is 5.43 Å². The summed E-state index contributed by atoms with van der Waals surface area (Å²) in [6.07, 6.45) is 5.13. The Bertz CT molecular complexity index is 416. The molecule has 0 bridgehead atoms. The van der Waals surface area contributed by atoms with E-state index in [2.05, 4.69) is 24.4 Å². The van der Waals surface area contributed by atoms with Crippen molar-refractivity contribution >= 4 is 12.1 Å². The summed E-state index contributed by atoms with van der Waals surface area (Å²) in [5.74, 6) is 0.279. The molecule has 0 saturated carbocycles. The van der Waals surface area contributed by atoms with Crippen molar-refractivity contribution < 1.29 is 4.79 Å². The number of hydrazone groups is 1. The molecule has 0 unspecified atom stereocenters. The number of nitrogens with zero attached hydrogens (tertiary/aromatic N) is 1. The SMILES string of the molecule is CC=CC=NNC(=O)c1ccc(C(C)C)cc1.